The molecule has 0 atom stereocenters. The first kappa shape index (κ1) is 10.2. The monoisotopic (exact) mass is 205 g/mol. The van der Waals surface area contributed by atoms with Crippen LogP contribution in [0, 0.1) is 0 Å². The Kier molecular flexibility index (Phi) is 2.21. The molecule has 1 aliphatic rings. The van der Waals surface area contributed by atoms with Crippen LogP contribution in [0.15, 0.2) is 11.8 Å². The van der Waals surface area contributed by atoms with Crippen LogP contribution in [0.25, 0.3) is 0 Å². The van der Waals surface area contributed by atoms with Crippen molar-refractivity contribution in [3.05, 3.63) is 11.8 Å². The third-order valence-corrected chi connectivity index (χ3v) is 1.40. The summed E-state index contributed by atoms with van der Waals surface area (Å²) in [6, 6.07) is 0. The largest absolute Gasteiger partial charge is 0.422 e. The smallest absolute Gasteiger partial charge is 0.373 e. The summed E-state index contributed by atoms with van der Waals surface area (Å²) in [5.41, 5.74) is -2.45. The Bertz CT molecular complexity index is 204. The molecule has 1 heterocycles. The molecule has 0 aromatic rings. The van der Waals surface area contributed by atoms with Crippen molar-refractivity contribution in [3.63, 3.8) is 0 Å². The van der Waals surface area contributed by atoms with Crippen LogP contribution >= 0.6 is 0 Å². The van der Waals surface area contributed by atoms with E-state index in [-0.39, 0.29) is 19.3 Å². The Labute approximate surface area is 69.6 Å². The molecule has 1 fully saturated rings. The second-order valence-corrected chi connectivity index (χ2v) is 2.57. The van der Waals surface area contributed by atoms with Gasteiger partial charge in [0.1, 0.15) is 0 Å². The van der Waals surface area contributed by atoms with Crippen LogP contribution in [0.1, 0.15) is 0 Å². The number of allylic oxidation sites excluding steroid dienone is 1. The van der Waals surface area contributed by atoms with Gasteiger partial charge in [0.15, 0.2) is 5.57 Å². The van der Waals surface area contributed by atoms with Gasteiger partial charge in [-0.15, -0.1) is 0 Å². The van der Waals surface area contributed by atoms with Crippen LogP contribution in [0.5, 0.6) is 0 Å². The normalized spacial score (nSPS) is 17.2. The van der Waals surface area contributed by atoms with Gasteiger partial charge in [-0.25, -0.2) is 0 Å². The molecule has 1 aliphatic heterocycles. The lowest BCUT2D eigenvalue weighted by Crippen LogP contribution is -2.26. The molecule has 76 valence electrons. The summed E-state index contributed by atoms with van der Waals surface area (Å²) in [5.74, 6) is 0. The molecular formula is C6H5F6N. The van der Waals surface area contributed by atoms with Gasteiger partial charge in [0.2, 0.25) is 0 Å². The minimum Gasteiger partial charge on any atom is -0.373 e. The Morgan fingerprint density at radius 2 is 1.31 bits per heavy atom. The summed E-state index contributed by atoms with van der Waals surface area (Å²) < 4.78 is 70.7. The van der Waals surface area contributed by atoms with E-state index in [1.807, 2.05) is 0 Å². The Morgan fingerprint density at radius 3 is 1.54 bits per heavy atom. The topological polar surface area (TPSA) is 3.01 Å². The SMILES string of the molecule is FC(F)(F)C(=CN1CC1)C(F)(F)F. The summed E-state index contributed by atoms with van der Waals surface area (Å²) in [6.45, 7) is 0.491. The van der Waals surface area contributed by atoms with Crippen LogP contribution in [0.4, 0.5) is 26.3 Å². The fourth-order valence-electron chi connectivity index (χ4n) is 0.677. The van der Waals surface area contributed by atoms with Gasteiger partial charge in [-0.1, -0.05) is 0 Å². The summed E-state index contributed by atoms with van der Waals surface area (Å²) in [5, 5.41) is 0. The minimum atomic E-state index is -5.33. The standard InChI is InChI=1S/C6H5F6N/c7-5(8,9)4(6(10,11)12)3-13-1-2-13/h3H,1-2H2. The molecule has 0 aromatic carbocycles. The van der Waals surface area contributed by atoms with Gasteiger partial charge in [-0.05, 0) is 0 Å². The first-order valence-electron chi connectivity index (χ1n) is 3.31. The highest BCUT2D eigenvalue weighted by molar-refractivity contribution is 5.16. The van der Waals surface area contributed by atoms with Crippen molar-refractivity contribution in [1.29, 1.82) is 0 Å². The first-order valence-corrected chi connectivity index (χ1v) is 3.31. The molecular weight excluding hydrogens is 200 g/mol. The molecule has 0 bridgehead atoms. The average molecular weight is 205 g/mol. The van der Waals surface area contributed by atoms with Crippen molar-refractivity contribution in [2.24, 2.45) is 0 Å². The highest BCUT2D eigenvalue weighted by Gasteiger charge is 2.51. The summed E-state index contributed by atoms with van der Waals surface area (Å²) in [4.78, 5) is 0.941. The summed E-state index contributed by atoms with van der Waals surface area (Å²) in [7, 11) is 0. The predicted octanol–water partition coefficient (Wildman–Crippen LogP) is 2.31. The van der Waals surface area contributed by atoms with Gasteiger partial charge in [-0.3, -0.25) is 0 Å². The fraction of sp³-hybridized carbons (Fsp3) is 0.667. The van der Waals surface area contributed by atoms with E-state index >= 15 is 0 Å². The summed E-state index contributed by atoms with van der Waals surface area (Å²) >= 11 is 0. The highest BCUT2D eigenvalue weighted by Crippen LogP contribution is 2.39. The zero-order chi connectivity index (χ0) is 10.3. The zero-order valence-corrected chi connectivity index (χ0v) is 6.21. The molecule has 13 heavy (non-hydrogen) atoms. The first-order chi connectivity index (χ1) is 5.71. The van der Waals surface area contributed by atoms with E-state index in [0.29, 0.717) is 0 Å². The van der Waals surface area contributed by atoms with Gasteiger partial charge in [0, 0.05) is 19.3 Å². The second kappa shape index (κ2) is 2.81. The van der Waals surface area contributed by atoms with Crippen molar-refractivity contribution in [1.82, 2.24) is 4.90 Å². The molecule has 0 saturated carbocycles. The molecule has 0 aliphatic carbocycles. The van der Waals surface area contributed by atoms with E-state index in [2.05, 4.69) is 0 Å². The molecule has 1 nitrogen and oxygen atoms in total. The highest BCUT2D eigenvalue weighted by atomic mass is 19.4. The molecule has 0 aromatic heterocycles. The van der Waals surface area contributed by atoms with Gasteiger partial charge >= 0.3 is 12.4 Å². The zero-order valence-electron chi connectivity index (χ0n) is 6.21. The quantitative estimate of drug-likeness (QED) is 0.469. The second-order valence-electron chi connectivity index (χ2n) is 2.57. The van der Waals surface area contributed by atoms with Crippen LogP contribution in [-0.2, 0) is 0 Å². The predicted molar refractivity (Wildman–Crippen MR) is 31.8 cm³/mol. The lowest BCUT2D eigenvalue weighted by Gasteiger charge is -2.14. The Balaban J connectivity index is 2.88. The van der Waals surface area contributed by atoms with Crippen molar-refractivity contribution >= 4 is 0 Å². The van der Waals surface area contributed by atoms with E-state index in [1.54, 1.807) is 0 Å². The molecule has 0 spiro atoms. The Hall–Kier alpha value is -0.880. The molecule has 0 N–H and O–H groups in total. The molecule has 1 rings (SSSR count). The maximum Gasteiger partial charge on any atom is 0.422 e. The van der Waals surface area contributed by atoms with E-state index in [0.717, 1.165) is 4.90 Å². The van der Waals surface area contributed by atoms with Gasteiger partial charge < -0.3 is 4.90 Å². The van der Waals surface area contributed by atoms with Crippen LogP contribution < -0.4 is 0 Å². The van der Waals surface area contributed by atoms with E-state index < -0.39 is 17.9 Å². The number of halogens is 6. The number of hydrogen-bond donors (Lipinski definition) is 0. The third-order valence-electron chi connectivity index (χ3n) is 1.40. The molecule has 0 radical (unpaired) electrons. The molecule has 0 unspecified atom stereocenters. The lowest BCUT2D eigenvalue weighted by molar-refractivity contribution is -0.172. The van der Waals surface area contributed by atoms with Gasteiger partial charge in [-0.2, -0.15) is 26.3 Å². The number of alkyl halides is 6. The van der Waals surface area contributed by atoms with Crippen molar-refractivity contribution in [3.8, 4) is 0 Å². The van der Waals surface area contributed by atoms with E-state index in [1.165, 1.54) is 0 Å². The molecule has 7 heteroatoms. The lowest BCUT2D eigenvalue weighted by atomic mass is 10.3. The van der Waals surface area contributed by atoms with Crippen LogP contribution in [-0.4, -0.2) is 30.3 Å². The van der Waals surface area contributed by atoms with Gasteiger partial charge in [0.25, 0.3) is 0 Å². The number of hydrogen-bond acceptors (Lipinski definition) is 1. The Morgan fingerprint density at radius 1 is 0.923 bits per heavy atom. The number of nitrogens with zero attached hydrogens (tertiary/aromatic N) is 1. The van der Waals surface area contributed by atoms with Crippen molar-refractivity contribution in [2.75, 3.05) is 13.1 Å². The van der Waals surface area contributed by atoms with E-state index in [4.69, 9.17) is 0 Å². The van der Waals surface area contributed by atoms with Crippen molar-refractivity contribution < 1.29 is 26.3 Å². The average Bonchev–Trinajstić information content (AvgIpc) is 2.58. The molecule has 0 amide bonds. The van der Waals surface area contributed by atoms with Crippen molar-refractivity contribution in [2.45, 2.75) is 12.4 Å². The maximum atomic E-state index is 11.8. The number of rotatable bonds is 1. The van der Waals surface area contributed by atoms with Crippen LogP contribution in [0.2, 0.25) is 0 Å². The van der Waals surface area contributed by atoms with Crippen LogP contribution in [0.3, 0.4) is 0 Å². The molecule has 1 saturated heterocycles. The van der Waals surface area contributed by atoms with Gasteiger partial charge in [0.05, 0.1) is 0 Å². The summed E-state index contributed by atoms with van der Waals surface area (Å²) in [6.07, 6.45) is -10.6. The fourth-order valence-corrected chi connectivity index (χ4v) is 0.677. The minimum absolute atomic E-state index is 0.111. The van der Waals surface area contributed by atoms with E-state index in [9.17, 15) is 26.3 Å². The maximum absolute atomic E-state index is 11.8. The third kappa shape index (κ3) is 2.82.